The monoisotopic (exact) mass is 626 g/mol. The van der Waals surface area contributed by atoms with E-state index in [1.54, 1.807) is 35.9 Å². The predicted octanol–water partition coefficient (Wildman–Crippen LogP) is 5.34. The lowest BCUT2D eigenvalue weighted by molar-refractivity contribution is -0.124. The Morgan fingerprint density at radius 3 is 2.41 bits per heavy atom. The summed E-state index contributed by atoms with van der Waals surface area (Å²) in [5.74, 6) is -0.268. The summed E-state index contributed by atoms with van der Waals surface area (Å²) in [7, 11) is 3.02. The van der Waals surface area contributed by atoms with Gasteiger partial charge in [0.1, 0.15) is 18.6 Å². The predicted molar refractivity (Wildman–Crippen MR) is 179 cm³/mol. The second-order valence-corrected chi connectivity index (χ2v) is 11.4. The third-order valence-electron chi connectivity index (χ3n) is 8.04. The Balaban J connectivity index is 0.000000232. The van der Waals surface area contributed by atoms with Crippen LogP contribution in [0.4, 0.5) is 0 Å². The minimum absolute atomic E-state index is 0.0234. The Morgan fingerprint density at radius 2 is 1.80 bits per heavy atom. The molecule has 1 atom stereocenters. The van der Waals surface area contributed by atoms with Crippen LogP contribution in [0.15, 0.2) is 64.5 Å². The maximum atomic E-state index is 13.3. The normalized spacial score (nSPS) is 12.7. The van der Waals surface area contributed by atoms with Crippen molar-refractivity contribution < 1.29 is 24.2 Å². The minimum atomic E-state index is -0.320. The number of rotatable bonds is 11. The molecule has 46 heavy (non-hydrogen) atoms. The molecule has 0 radical (unpaired) electrons. The number of hydrogen-bond acceptors (Lipinski definition) is 8. The molecule has 1 unspecified atom stereocenters. The molecule has 0 aliphatic carbocycles. The van der Waals surface area contributed by atoms with Gasteiger partial charge in [-0.15, -0.1) is 0 Å². The second kappa shape index (κ2) is 15.6. The van der Waals surface area contributed by atoms with Crippen LogP contribution in [0.1, 0.15) is 67.9 Å². The number of pyridine rings is 2. The van der Waals surface area contributed by atoms with E-state index >= 15 is 0 Å². The number of carbonyl (C=O) groups excluding carboxylic acids is 2. The lowest BCUT2D eigenvalue weighted by atomic mass is 9.93. The number of phenols is 1. The molecule has 1 aliphatic rings. The summed E-state index contributed by atoms with van der Waals surface area (Å²) in [5, 5.41) is 14.5. The van der Waals surface area contributed by atoms with Gasteiger partial charge in [-0.1, -0.05) is 45.9 Å². The molecule has 10 heteroatoms. The third-order valence-corrected chi connectivity index (χ3v) is 8.04. The number of aryl methyl sites for hydroxylation is 1. The van der Waals surface area contributed by atoms with Gasteiger partial charge in [0.15, 0.2) is 0 Å². The number of carbonyl (C=O) groups is 2. The summed E-state index contributed by atoms with van der Waals surface area (Å²) >= 11 is 0. The number of aromatic hydroxyl groups is 1. The number of hydrazone groups is 1. The van der Waals surface area contributed by atoms with Gasteiger partial charge in [0.05, 0.1) is 35.8 Å². The number of para-hydroxylation sites is 1. The van der Waals surface area contributed by atoms with Crippen LogP contribution < -0.4 is 11.0 Å². The van der Waals surface area contributed by atoms with E-state index in [9.17, 15) is 19.5 Å². The number of benzene rings is 2. The third kappa shape index (κ3) is 7.24. The van der Waals surface area contributed by atoms with E-state index in [1.807, 2.05) is 45.0 Å². The van der Waals surface area contributed by atoms with Gasteiger partial charge in [-0.25, -0.2) is 10.4 Å². The highest BCUT2D eigenvalue weighted by molar-refractivity contribution is 6.02. The first-order chi connectivity index (χ1) is 22.2. The van der Waals surface area contributed by atoms with Crippen molar-refractivity contribution in [1.82, 2.24) is 15.0 Å². The molecule has 0 saturated carbocycles. The number of phenolic OH excluding ortho intramolecular Hbond substituents is 1. The summed E-state index contributed by atoms with van der Waals surface area (Å²) < 4.78 is 11.8. The molecule has 0 saturated heterocycles. The molecule has 1 amide bonds. The van der Waals surface area contributed by atoms with Gasteiger partial charge in [0.25, 0.3) is 11.5 Å². The average Bonchev–Trinajstić information content (AvgIpc) is 3.41. The number of aromatic nitrogens is 2. The molecule has 2 aromatic heterocycles. The average molecular weight is 627 g/mol. The van der Waals surface area contributed by atoms with Crippen molar-refractivity contribution in [3.8, 4) is 17.1 Å². The van der Waals surface area contributed by atoms with Crippen molar-refractivity contribution >= 4 is 28.8 Å². The molecular weight excluding hydrogens is 584 g/mol. The van der Waals surface area contributed by atoms with Gasteiger partial charge in [0.2, 0.25) is 0 Å². The van der Waals surface area contributed by atoms with Gasteiger partial charge >= 0.3 is 0 Å². The fraction of sp³-hybridized carbons (Fsp3) is 0.361. The lowest BCUT2D eigenvalue weighted by Gasteiger charge is -2.16. The van der Waals surface area contributed by atoms with Crippen molar-refractivity contribution in [3.05, 3.63) is 92.8 Å². The zero-order chi connectivity index (χ0) is 33.4. The zero-order valence-electron chi connectivity index (χ0n) is 27.3. The standard InChI is InChI=1S/C23H24N2O3.C13H18N2O3/c1-4-14(12-26)17-10-21-22-18(11-25(21)23(27)19(17)13-28-3)15(5-2)16-8-6-7-9-20(16)24-22;1-9(2)13(15-14-12(17)8-18-3)10-4-6-11(16)7-5-10/h6-10,12,14H,4-5,11,13H2,1-3H3;4-7,9,16H,8H2,1-3H3,(H,14,17)/b;15-13+. The maximum absolute atomic E-state index is 13.3. The Kier molecular flexibility index (Phi) is 11.6. The van der Waals surface area contributed by atoms with Crippen molar-refractivity contribution in [2.75, 3.05) is 20.8 Å². The number of hydrogen-bond donors (Lipinski definition) is 2. The van der Waals surface area contributed by atoms with Crippen LogP contribution in [0.25, 0.3) is 22.3 Å². The van der Waals surface area contributed by atoms with E-state index in [1.165, 1.54) is 12.7 Å². The highest BCUT2D eigenvalue weighted by Crippen LogP contribution is 2.37. The number of methoxy groups -OCH3 is 2. The molecule has 4 aromatic rings. The first-order valence-electron chi connectivity index (χ1n) is 15.4. The maximum Gasteiger partial charge on any atom is 0.266 e. The summed E-state index contributed by atoms with van der Waals surface area (Å²) in [5.41, 5.74) is 10.2. The molecule has 242 valence electrons. The van der Waals surface area contributed by atoms with Gasteiger partial charge in [-0.2, -0.15) is 5.10 Å². The Hall–Kier alpha value is -4.67. The molecule has 0 spiro atoms. The molecule has 2 aromatic carbocycles. The van der Waals surface area contributed by atoms with Crippen molar-refractivity contribution in [3.63, 3.8) is 0 Å². The van der Waals surface area contributed by atoms with Crippen LogP contribution in [0.2, 0.25) is 0 Å². The van der Waals surface area contributed by atoms with Gasteiger partial charge in [-0.05, 0) is 71.8 Å². The van der Waals surface area contributed by atoms with E-state index in [2.05, 4.69) is 23.5 Å². The van der Waals surface area contributed by atoms with Gasteiger partial charge in [-0.3, -0.25) is 9.59 Å². The summed E-state index contributed by atoms with van der Waals surface area (Å²) in [6, 6.07) is 16.8. The van der Waals surface area contributed by atoms with E-state index in [-0.39, 0.29) is 42.3 Å². The minimum Gasteiger partial charge on any atom is -0.508 e. The van der Waals surface area contributed by atoms with Crippen LogP contribution in [-0.2, 0) is 38.6 Å². The number of nitrogens with zero attached hydrogens (tertiary/aromatic N) is 3. The van der Waals surface area contributed by atoms with E-state index in [0.29, 0.717) is 18.5 Å². The second-order valence-electron chi connectivity index (χ2n) is 11.4. The number of fused-ring (bicyclic) bond motifs is 4. The zero-order valence-corrected chi connectivity index (χ0v) is 27.3. The van der Waals surface area contributed by atoms with Crippen molar-refractivity contribution in [2.45, 2.75) is 59.6 Å². The fourth-order valence-electron chi connectivity index (χ4n) is 5.78. The number of nitrogens with one attached hydrogen (secondary N) is 1. The van der Waals surface area contributed by atoms with Crippen LogP contribution in [0, 0.1) is 5.92 Å². The molecule has 0 fully saturated rings. The van der Waals surface area contributed by atoms with Crippen LogP contribution in [-0.4, -0.2) is 53.4 Å². The molecule has 5 rings (SSSR count). The number of amides is 1. The molecule has 3 heterocycles. The van der Waals surface area contributed by atoms with Crippen LogP contribution >= 0.6 is 0 Å². The Labute approximate surface area is 269 Å². The van der Waals surface area contributed by atoms with Gasteiger partial charge < -0.3 is 23.9 Å². The first-order valence-corrected chi connectivity index (χ1v) is 15.4. The van der Waals surface area contributed by atoms with Crippen molar-refractivity contribution in [1.29, 1.82) is 0 Å². The molecule has 10 nitrogen and oxygen atoms in total. The first kappa shape index (κ1) is 34.2. The lowest BCUT2D eigenvalue weighted by Crippen LogP contribution is -2.26. The Bertz CT molecular complexity index is 1790. The van der Waals surface area contributed by atoms with E-state index < -0.39 is 0 Å². The van der Waals surface area contributed by atoms with Crippen LogP contribution in [0.3, 0.4) is 0 Å². The fourth-order valence-corrected chi connectivity index (χ4v) is 5.78. The molecule has 0 bridgehead atoms. The smallest absolute Gasteiger partial charge is 0.266 e. The van der Waals surface area contributed by atoms with E-state index in [0.717, 1.165) is 57.4 Å². The summed E-state index contributed by atoms with van der Waals surface area (Å²) in [6.07, 6.45) is 2.44. The molecule has 1 aliphatic heterocycles. The molecule has 2 N–H and O–H groups in total. The van der Waals surface area contributed by atoms with Gasteiger partial charge in [0, 0.05) is 36.7 Å². The quantitative estimate of drug-likeness (QED) is 0.115. The topological polar surface area (TPSA) is 132 Å². The molecular formula is C36H42N4O6. The highest BCUT2D eigenvalue weighted by Gasteiger charge is 2.29. The SMILES string of the molecule is CCc1c2c(nc3ccccc13)-c1cc(C(C=O)CC)c(COC)c(=O)n1C2.COCC(=O)N/N=C(/c1ccc(O)cc1)C(C)C. The van der Waals surface area contributed by atoms with Crippen LogP contribution in [0.5, 0.6) is 5.75 Å². The largest absolute Gasteiger partial charge is 0.508 e. The highest BCUT2D eigenvalue weighted by atomic mass is 16.5. The number of aldehydes is 1. The number of ether oxygens (including phenoxy) is 2. The van der Waals surface area contributed by atoms with Crippen molar-refractivity contribution in [2.24, 2.45) is 11.0 Å². The van der Waals surface area contributed by atoms with E-state index in [4.69, 9.17) is 14.5 Å². The summed E-state index contributed by atoms with van der Waals surface area (Å²) in [4.78, 5) is 41.1. The summed E-state index contributed by atoms with van der Waals surface area (Å²) in [6.45, 7) is 8.74. The Morgan fingerprint density at radius 1 is 1.09 bits per heavy atom.